The van der Waals surface area contributed by atoms with Gasteiger partial charge in [0.15, 0.2) is 6.73 Å². The zero-order chi connectivity index (χ0) is 10.5. The topological polar surface area (TPSA) is 38.7 Å². The Labute approximate surface area is 87.0 Å². The lowest BCUT2D eigenvalue weighted by Gasteiger charge is -2.05. The Balaban J connectivity index is 2.37. The normalized spacial score (nSPS) is 9.60. The second-order valence-corrected chi connectivity index (χ2v) is 3.00. The molecule has 0 amide bonds. The molecule has 2 aromatic rings. The minimum absolute atomic E-state index is 0.0114. The highest BCUT2D eigenvalue weighted by Crippen LogP contribution is 2.24. The average Bonchev–Trinajstić information content (AvgIpc) is 2.30. The Morgan fingerprint density at radius 3 is 2.80 bits per heavy atom. The molecule has 0 spiro atoms. The van der Waals surface area contributed by atoms with Crippen molar-refractivity contribution in [2.45, 2.75) is 0 Å². The van der Waals surface area contributed by atoms with Gasteiger partial charge in [0.05, 0.1) is 0 Å². The highest BCUT2D eigenvalue weighted by atomic mass is 16.5. The fourth-order valence-electron chi connectivity index (χ4n) is 1.45. The zero-order valence-electron chi connectivity index (χ0n) is 8.01. The first kappa shape index (κ1) is 9.44. The summed E-state index contributed by atoms with van der Waals surface area (Å²) in [4.78, 5) is 13.2. The maximum Gasteiger partial charge on any atom is 0.238 e. The van der Waals surface area contributed by atoms with Crippen LogP contribution in [0.4, 0.5) is 0 Å². The van der Waals surface area contributed by atoms with Crippen molar-refractivity contribution in [3.63, 3.8) is 0 Å². The van der Waals surface area contributed by atoms with Crippen LogP contribution < -0.4 is 4.74 Å². The van der Waals surface area contributed by atoms with Crippen LogP contribution in [0.3, 0.4) is 0 Å². The lowest BCUT2D eigenvalue weighted by molar-refractivity contribution is 0.334. The van der Waals surface area contributed by atoms with E-state index < -0.39 is 0 Å². The number of carbonyl (C=O) groups excluding carboxylic acids is 1. The van der Waals surface area contributed by atoms with Crippen LogP contribution in [0.25, 0.3) is 10.8 Å². The van der Waals surface area contributed by atoms with E-state index in [2.05, 4.69) is 4.99 Å². The monoisotopic (exact) mass is 199 g/mol. The van der Waals surface area contributed by atoms with Crippen molar-refractivity contribution in [3.05, 3.63) is 42.5 Å². The maximum atomic E-state index is 9.89. The van der Waals surface area contributed by atoms with Gasteiger partial charge in [-0.2, -0.15) is 4.99 Å². The molecule has 0 radical (unpaired) electrons. The standard InChI is InChI=1S/C12H9NO2/c14-8-13-9-15-12-7-3-5-10-4-1-2-6-11(10)12/h1-7H,9H2. The van der Waals surface area contributed by atoms with E-state index in [1.807, 2.05) is 42.5 Å². The molecule has 2 rings (SSSR count). The van der Waals surface area contributed by atoms with Gasteiger partial charge < -0.3 is 4.74 Å². The van der Waals surface area contributed by atoms with E-state index in [0.29, 0.717) is 0 Å². The largest absolute Gasteiger partial charge is 0.470 e. The third-order valence-corrected chi connectivity index (χ3v) is 2.10. The van der Waals surface area contributed by atoms with E-state index in [-0.39, 0.29) is 6.73 Å². The maximum absolute atomic E-state index is 9.89. The van der Waals surface area contributed by atoms with Crippen molar-refractivity contribution in [3.8, 4) is 5.75 Å². The van der Waals surface area contributed by atoms with E-state index in [1.165, 1.54) is 6.08 Å². The number of hydrogen-bond donors (Lipinski definition) is 0. The summed E-state index contributed by atoms with van der Waals surface area (Å²) in [6, 6.07) is 13.6. The lowest BCUT2D eigenvalue weighted by atomic mass is 10.1. The minimum Gasteiger partial charge on any atom is -0.470 e. The first-order chi connectivity index (χ1) is 7.42. The fourth-order valence-corrected chi connectivity index (χ4v) is 1.45. The van der Waals surface area contributed by atoms with Gasteiger partial charge in [0, 0.05) is 5.39 Å². The van der Waals surface area contributed by atoms with Gasteiger partial charge in [-0.3, -0.25) is 0 Å². The van der Waals surface area contributed by atoms with Gasteiger partial charge in [0.1, 0.15) is 5.75 Å². The summed E-state index contributed by atoms with van der Waals surface area (Å²) in [5.74, 6) is 0.729. The van der Waals surface area contributed by atoms with E-state index in [9.17, 15) is 4.79 Å². The molecule has 0 saturated heterocycles. The Hall–Kier alpha value is -2.12. The number of benzene rings is 2. The lowest BCUT2D eigenvalue weighted by Crippen LogP contribution is -1.93. The Kier molecular flexibility index (Phi) is 2.77. The van der Waals surface area contributed by atoms with Crippen LogP contribution in [0, 0.1) is 0 Å². The number of rotatable bonds is 3. The van der Waals surface area contributed by atoms with Crippen LogP contribution in [0.15, 0.2) is 47.5 Å². The van der Waals surface area contributed by atoms with E-state index in [4.69, 9.17) is 4.74 Å². The quantitative estimate of drug-likeness (QED) is 0.562. The van der Waals surface area contributed by atoms with Gasteiger partial charge in [-0.15, -0.1) is 0 Å². The van der Waals surface area contributed by atoms with E-state index in [1.54, 1.807) is 0 Å². The first-order valence-electron chi connectivity index (χ1n) is 4.56. The number of aliphatic imine (C=N–C) groups is 1. The second kappa shape index (κ2) is 4.40. The molecule has 0 fully saturated rings. The van der Waals surface area contributed by atoms with Gasteiger partial charge in [0.2, 0.25) is 6.08 Å². The highest BCUT2D eigenvalue weighted by molar-refractivity contribution is 5.88. The van der Waals surface area contributed by atoms with Gasteiger partial charge in [-0.05, 0) is 11.5 Å². The molecule has 0 bridgehead atoms. The minimum atomic E-state index is 0.0114. The van der Waals surface area contributed by atoms with Gasteiger partial charge in [-0.1, -0.05) is 36.4 Å². The van der Waals surface area contributed by atoms with Crippen molar-refractivity contribution in [2.75, 3.05) is 6.73 Å². The van der Waals surface area contributed by atoms with Crippen molar-refractivity contribution in [1.29, 1.82) is 0 Å². The van der Waals surface area contributed by atoms with Gasteiger partial charge in [-0.25, -0.2) is 4.79 Å². The van der Waals surface area contributed by atoms with E-state index >= 15 is 0 Å². The van der Waals surface area contributed by atoms with Crippen LogP contribution in [-0.4, -0.2) is 12.8 Å². The summed E-state index contributed by atoms with van der Waals surface area (Å²) in [6.45, 7) is 0.0114. The summed E-state index contributed by atoms with van der Waals surface area (Å²) in [5, 5.41) is 2.12. The number of fused-ring (bicyclic) bond motifs is 1. The SMILES string of the molecule is O=C=NCOc1cccc2ccccc12. The van der Waals surface area contributed by atoms with Crippen LogP contribution in [-0.2, 0) is 4.79 Å². The van der Waals surface area contributed by atoms with E-state index in [0.717, 1.165) is 16.5 Å². The van der Waals surface area contributed by atoms with Crippen molar-refractivity contribution >= 4 is 16.9 Å². The molecule has 2 aromatic carbocycles. The summed E-state index contributed by atoms with van der Waals surface area (Å²) in [7, 11) is 0. The average molecular weight is 199 g/mol. The zero-order valence-corrected chi connectivity index (χ0v) is 8.01. The molecule has 0 atom stereocenters. The highest BCUT2D eigenvalue weighted by Gasteiger charge is 1.99. The number of ether oxygens (including phenoxy) is 1. The molecule has 0 aliphatic heterocycles. The summed E-state index contributed by atoms with van der Waals surface area (Å²) in [6.07, 6.45) is 1.44. The molecule has 0 saturated carbocycles. The molecule has 74 valence electrons. The molecule has 3 nitrogen and oxygen atoms in total. The van der Waals surface area contributed by atoms with Gasteiger partial charge in [0.25, 0.3) is 0 Å². The first-order valence-corrected chi connectivity index (χ1v) is 4.56. The summed E-state index contributed by atoms with van der Waals surface area (Å²) in [5.41, 5.74) is 0. The van der Waals surface area contributed by atoms with Crippen molar-refractivity contribution < 1.29 is 9.53 Å². The molecule has 0 aromatic heterocycles. The number of isocyanates is 1. The van der Waals surface area contributed by atoms with Crippen LogP contribution in [0.1, 0.15) is 0 Å². The number of hydrogen-bond acceptors (Lipinski definition) is 3. The third-order valence-electron chi connectivity index (χ3n) is 2.10. The molecule has 0 heterocycles. The van der Waals surface area contributed by atoms with Crippen LogP contribution in [0.5, 0.6) is 5.75 Å². The molecule has 0 unspecified atom stereocenters. The Morgan fingerprint density at radius 2 is 1.93 bits per heavy atom. The third kappa shape index (κ3) is 2.03. The smallest absolute Gasteiger partial charge is 0.238 e. The van der Waals surface area contributed by atoms with Crippen molar-refractivity contribution in [2.24, 2.45) is 4.99 Å². The molecule has 0 N–H and O–H groups in total. The second-order valence-electron chi connectivity index (χ2n) is 3.00. The molecular formula is C12H9NO2. The summed E-state index contributed by atoms with van der Waals surface area (Å²) >= 11 is 0. The predicted molar refractivity (Wildman–Crippen MR) is 57.6 cm³/mol. The molecule has 15 heavy (non-hydrogen) atoms. The van der Waals surface area contributed by atoms with Gasteiger partial charge >= 0.3 is 0 Å². The molecule has 0 aliphatic carbocycles. The van der Waals surface area contributed by atoms with Crippen LogP contribution in [0.2, 0.25) is 0 Å². The predicted octanol–water partition coefficient (Wildman–Crippen LogP) is 2.51. The van der Waals surface area contributed by atoms with Crippen molar-refractivity contribution in [1.82, 2.24) is 0 Å². The summed E-state index contributed by atoms with van der Waals surface area (Å²) < 4.78 is 5.33. The van der Waals surface area contributed by atoms with Crippen LogP contribution >= 0.6 is 0 Å². The number of nitrogens with zero attached hydrogens (tertiary/aromatic N) is 1. The Morgan fingerprint density at radius 1 is 1.13 bits per heavy atom. The molecule has 0 aliphatic rings. The fraction of sp³-hybridized carbons (Fsp3) is 0.0833. The Bertz CT molecular complexity index is 511. The molecule has 3 heteroatoms. The molecular weight excluding hydrogens is 190 g/mol.